The second-order valence-corrected chi connectivity index (χ2v) is 7.02. The molecular formula is C17H22F2N6S. The van der Waals surface area contributed by atoms with Crippen LogP contribution in [0.5, 0.6) is 0 Å². The van der Waals surface area contributed by atoms with Crippen LogP contribution in [-0.2, 0) is 5.92 Å². The first-order chi connectivity index (χ1) is 12.4. The lowest BCUT2D eigenvalue weighted by Crippen LogP contribution is -2.36. The van der Waals surface area contributed by atoms with Crippen LogP contribution >= 0.6 is 11.3 Å². The number of pyridine rings is 1. The minimum absolute atomic E-state index is 0.000899. The number of alkyl halides is 2. The molecule has 2 aromatic rings. The molecule has 0 radical (unpaired) electrons. The molecule has 0 aromatic carbocycles. The molecular weight excluding hydrogens is 358 g/mol. The number of nitrogens with one attached hydrogen (secondary N) is 1. The highest BCUT2D eigenvalue weighted by molar-refractivity contribution is 7.09. The van der Waals surface area contributed by atoms with Gasteiger partial charge in [-0.15, -0.1) is 11.3 Å². The predicted octanol–water partition coefficient (Wildman–Crippen LogP) is 3.13. The lowest BCUT2D eigenvalue weighted by Gasteiger charge is -2.30. The van der Waals surface area contributed by atoms with Crippen LogP contribution in [0.15, 0.2) is 36.2 Å². The number of hydrogen-bond acceptors (Lipinski definition) is 7. The molecule has 1 unspecified atom stereocenters. The van der Waals surface area contributed by atoms with Crippen LogP contribution in [0.25, 0.3) is 0 Å². The molecule has 0 saturated heterocycles. The molecule has 3 rings (SSSR count). The summed E-state index contributed by atoms with van der Waals surface area (Å²) in [5.41, 5.74) is 6.70. The highest BCUT2D eigenvalue weighted by Gasteiger charge is 2.28. The van der Waals surface area contributed by atoms with E-state index in [9.17, 15) is 8.78 Å². The molecule has 0 amide bonds. The van der Waals surface area contributed by atoms with E-state index in [1.54, 1.807) is 17.5 Å². The van der Waals surface area contributed by atoms with Gasteiger partial charge in [0, 0.05) is 50.5 Å². The molecule has 0 spiro atoms. The topological polar surface area (TPSA) is 70.3 Å². The average Bonchev–Trinajstić information content (AvgIpc) is 3.26. The summed E-state index contributed by atoms with van der Waals surface area (Å²) >= 11 is 1.59. The SMILES string of the molecule is CCN(CCN1C=CNC1c1nccs1)c1cc(C(C)(F)F)ncc1N. The maximum atomic E-state index is 13.6. The van der Waals surface area contributed by atoms with Crippen molar-refractivity contribution < 1.29 is 8.78 Å². The van der Waals surface area contributed by atoms with E-state index in [2.05, 4.69) is 20.2 Å². The Kier molecular flexibility index (Phi) is 5.26. The molecule has 0 aliphatic carbocycles. The quantitative estimate of drug-likeness (QED) is 0.769. The summed E-state index contributed by atoms with van der Waals surface area (Å²) in [6, 6.07) is 1.38. The summed E-state index contributed by atoms with van der Waals surface area (Å²) in [4.78, 5) is 12.2. The van der Waals surface area contributed by atoms with Gasteiger partial charge in [0.05, 0.1) is 17.6 Å². The van der Waals surface area contributed by atoms with Crippen LogP contribution in [0, 0.1) is 0 Å². The van der Waals surface area contributed by atoms with Gasteiger partial charge in [0.25, 0.3) is 5.92 Å². The van der Waals surface area contributed by atoms with Crippen molar-refractivity contribution >= 4 is 22.7 Å². The molecule has 3 heterocycles. The summed E-state index contributed by atoms with van der Waals surface area (Å²) in [5.74, 6) is -3.00. The van der Waals surface area contributed by atoms with E-state index in [1.165, 1.54) is 12.3 Å². The Morgan fingerprint density at radius 3 is 2.88 bits per heavy atom. The number of thiazole rings is 1. The van der Waals surface area contributed by atoms with Crippen LogP contribution in [-0.4, -0.2) is 34.5 Å². The van der Waals surface area contributed by atoms with Gasteiger partial charge in [0.15, 0.2) is 6.17 Å². The first-order valence-electron chi connectivity index (χ1n) is 8.36. The zero-order valence-corrected chi connectivity index (χ0v) is 15.5. The van der Waals surface area contributed by atoms with Gasteiger partial charge in [-0.1, -0.05) is 0 Å². The van der Waals surface area contributed by atoms with Crippen LogP contribution < -0.4 is 16.0 Å². The Morgan fingerprint density at radius 1 is 1.42 bits per heavy atom. The van der Waals surface area contributed by atoms with Gasteiger partial charge in [0.1, 0.15) is 10.7 Å². The molecule has 140 valence electrons. The second-order valence-electron chi connectivity index (χ2n) is 6.09. The molecule has 9 heteroatoms. The summed E-state index contributed by atoms with van der Waals surface area (Å²) in [6.07, 6.45) is 6.94. The maximum Gasteiger partial charge on any atom is 0.287 e. The average molecular weight is 380 g/mol. The summed E-state index contributed by atoms with van der Waals surface area (Å²) in [6.45, 7) is 4.79. The van der Waals surface area contributed by atoms with Crippen LogP contribution in [0.3, 0.4) is 0 Å². The van der Waals surface area contributed by atoms with Crippen molar-refractivity contribution in [2.24, 2.45) is 0 Å². The number of nitrogen functional groups attached to an aromatic ring is 1. The van der Waals surface area contributed by atoms with E-state index < -0.39 is 5.92 Å². The van der Waals surface area contributed by atoms with E-state index in [1.807, 2.05) is 29.6 Å². The smallest absolute Gasteiger partial charge is 0.287 e. The predicted molar refractivity (Wildman–Crippen MR) is 99.9 cm³/mol. The zero-order chi connectivity index (χ0) is 18.7. The molecule has 1 atom stereocenters. The van der Waals surface area contributed by atoms with E-state index in [0.29, 0.717) is 31.0 Å². The molecule has 0 saturated carbocycles. The van der Waals surface area contributed by atoms with E-state index in [4.69, 9.17) is 5.73 Å². The minimum Gasteiger partial charge on any atom is -0.396 e. The number of anilines is 2. The molecule has 3 N–H and O–H groups in total. The summed E-state index contributed by atoms with van der Waals surface area (Å²) < 4.78 is 27.2. The van der Waals surface area contributed by atoms with Gasteiger partial charge in [-0.3, -0.25) is 4.98 Å². The number of halogens is 2. The lowest BCUT2D eigenvalue weighted by atomic mass is 10.2. The van der Waals surface area contributed by atoms with Crippen molar-refractivity contribution in [1.82, 2.24) is 20.2 Å². The van der Waals surface area contributed by atoms with Crippen LogP contribution in [0.1, 0.15) is 30.7 Å². The fraction of sp³-hybridized carbons (Fsp3) is 0.412. The van der Waals surface area contributed by atoms with Crippen LogP contribution in [0.4, 0.5) is 20.2 Å². The maximum absolute atomic E-state index is 13.6. The van der Waals surface area contributed by atoms with Crippen molar-refractivity contribution in [3.63, 3.8) is 0 Å². The van der Waals surface area contributed by atoms with Gasteiger partial charge in [0.2, 0.25) is 0 Å². The van der Waals surface area contributed by atoms with Gasteiger partial charge < -0.3 is 20.9 Å². The fourth-order valence-corrected chi connectivity index (χ4v) is 3.57. The monoisotopic (exact) mass is 380 g/mol. The van der Waals surface area contributed by atoms with Gasteiger partial charge >= 0.3 is 0 Å². The second kappa shape index (κ2) is 7.45. The third kappa shape index (κ3) is 3.87. The third-order valence-corrected chi connectivity index (χ3v) is 5.08. The Balaban J connectivity index is 1.73. The van der Waals surface area contributed by atoms with E-state index in [0.717, 1.165) is 11.9 Å². The molecule has 0 bridgehead atoms. The summed E-state index contributed by atoms with van der Waals surface area (Å²) in [5, 5.41) is 6.19. The highest BCUT2D eigenvalue weighted by atomic mass is 32.1. The van der Waals surface area contributed by atoms with Crippen molar-refractivity contribution in [2.75, 3.05) is 30.3 Å². The minimum atomic E-state index is -3.00. The largest absolute Gasteiger partial charge is 0.396 e. The number of nitrogens with zero attached hydrogens (tertiary/aromatic N) is 4. The van der Waals surface area contributed by atoms with Crippen molar-refractivity contribution in [2.45, 2.75) is 25.9 Å². The number of rotatable bonds is 7. The van der Waals surface area contributed by atoms with Crippen molar-refractivity contribution in [1.29, 1.82) is 0 Å². The lowest BCUT2D eigenvalue weighted by molar-refractivity contribution is 0.0128. The number of likely N-dealkylation sites (N-methyl/N-ethyl adjacent to an activating group) is 1. The molecule has 26 heavy (non-hydrogen) atoms. The summed E-state index contributed by atoms with van der Waals surface area (Å²) in [7, 11) is 0. The molecule has 6 nitrogen and oxygen atoms in total. The van der Waals surface area contributed by atoms with Crippen LogP contribution in [0.2, 0.25) is 0 Å². The van der Waals surface area contributed by atoms with Crippen molar-refractivity contribution in [3.8, 4) is 0 Å². The Morgan fingerprint density at radius 2 is 2.23 bits per heavy atom. The van der Waals surface area contributed by atoms with Gasteiger partial charge in [-0.25, -0.2) is 4.98 Å². The zero-order valence-electron chi connectivity index (χ0n) is 14.7. The number of hydrogen-bond donors (Lipinski definition) is 2. The van der Waals surface area contributed by atoms with Gasteiger partial charge in [-0.2, -0.15) is 8.78 Å². The molecule has 0 fully saturated rings. The van der Waals surface area contributed by atoms with Crippen molar-refractivity contribution in [3.05, 3.63) is 46.9 Å². The Labute approximate surface area is 155 Å². The van der Waals surface area contributed by atoms with E-state index in [-0.39, 0.29) is 11.9 Å². The molecule has 1 aliphatic rings. The Hall–Kier alpha value is -2.42. The highest BCUT2D eigenvalue weighted by Crippen LogP contribution is 2.31. The van der Waals surface area contributed by atoms with E-state index >= 15 is 0 Å². The third-order valence-electron chi connectivity index (χ3n) is 4.25. The Bertz CT molecular complexity index is 759. The fourth-order valence-electron chi connectivity index (χ4n) is 2.85. The number of aromatic nitrogens is 2. The first-order valence-corrected chi connectivity index (χ1v) is 9.24. The molecule has 2 aromatic heterocycles. The molecule has 1 aliphatic heterocycles. The van der Waals surface area contributed by atoms with Gasteiger partial charge in [-0.05, 0) is 13.0 Å². The first kappa shape index (κ1) is 18.4. The standard InChI is InChI=1S/C17H22F2N6S/c1-3-24(13-10-14(17(2,18)19)23-11-12(13)20)7-8-25-6-4-21-15(25)16-22-5-9-26-16/h4-6,9-11,15,21H,3,7-8,20H2,1-2H3. The number of nitrogens with two attached hydrogens (primary N) is 1. The normalized spacial score (nSPS) is 16.8.